The fourth-order valence-electron chi connectivity index (χ4n) is 2.21. The number of ether oxygens (including phenoxy) is 2. The summed E-state index contributed by atoms with van der Waals surface area (Å²) in [5, 5.41) is 1.03. The lowest BCUT2D eigenvalue weighted by atomic mass is 10.00. The molecule has 0 amide bonds. The Morgan fingerprint density at radius 1 is 1.50 bits per heavy atom. The molecule has 1 aromatic rings. The highest BCUT2D eigenvalue weighted by Gasteiger charge is 2.21. The lowest BCUT2D eigenvalue weighted by Crippen LogP contribution is -2.29. The van der Waals surface area contributed by atoms with Crippen LogP contribution in [0.1, 0.15) is 19.8 Å². The van der Waals surface area contributed by atoms with Gasteiger partial charge in [-0.15, -0.1) is 0 Å². The lowest BCUT2D eigenvalue weighted by molar-refractivity contribution is 0.0685. The second-order valence-electron chi connectivity index (χ2n) is 4.57. The van der Waals surface area contributed by atoms with Gasteiger partial charge in [0, 0.05) is 26.8 Å². The van der Waals surface area contributed by atoms with Crippen LogP contribution in [-0.4, -0.2) is 37.8 Å². The molecular formula is C12H21N3O2S. The number of hydrogen-bond acceptors (Lipinski definition) is 6. The Balaban J connectivity index is 2.01. The summed E-state index contributed by atoms with van der Waals surface area (Å²) in [7, 11) is 2.07. The molecule has 0 atom stereocenters. The van der Waals surface area contributed by atoms with Crippen LogP contribution < -0.4 is 15.4 Å². The van der Waals surface area contributed by atoms with E-state index in [1.807, 2.05) is 6.92 Å². The summed E-state index contributed by atoms with van der Waals surface area (Å²) in [4.78, 5) is 2.20. The Bertz CT molecular complexity index is 377. The van der Waals surface area contributed by atoms with Gasteiger partial charge in [0.15, 0.2) is 16.6 Å². The monoisotopic (exact) mass is 271 g/mol. The van der Waals surface area contributed by atoms with E-state index >= 15 is 0 Å². The number of nitrogens with zero attached hydrogens (tertiary/aromatic N) is 2. The van der Waals surface area contributed by atoms with Crippen molar-refractivity contribution >= 4 is 22.4 Å². The maximum Gasteiger partial charge on any atom is 0.197 e. The van der Waals surface area contributed by atoms with E-state index in [0.29, 0.717) is 18.3 Å². The summed E-state index contributed by atoms with van der Waals surface area (Å²) in [5.41, 5.74) is 5.83. The largest absolute Gasteiger partial charge is 0.487 e. The molecule has 0 spiro atoms. The third-order valence-electron chi connectivity index (χ3n) is 3.17. The minimum absolute atomic E-state index is 0.496. The molecule has 1 fully saturated rings. The predicted molar refractivity (Wildman–Crippen MR) is 74.5 cm³/mol. The van der Waals surface area contributed by atoms with Gasteiger partial charge in [-0.25, -0.2) is 0 Å². The number of rotatable bonds is 5. The molecule has 102 valence electrons. The first kappa shape index (κ1) is 13.4. The Labute approximate surface area is 112 Å². The van der Waals surface area contributed by atoms with Gasteiger partial charge < -0.3 is 20.1 Å². The van der Waals surface area contributed by atoms with Crippen molar-refractivity contribution in [1.29, 1.82) is 0 Å². The molecule has 18 heavy (non-hydrogen) atoms. The molecule has 6 heteroatoms. The van der Waals surface area contributed by atoms with Gasteiger partial charge in [-0.3, -0.25) is 0 Å². The van der Waals surface area contributed by atoms with Crippen molar-refractivity contribution in [2.24, 2.45) is 5.92 Å². The van der Waals surface area contributed by atoms with E-state index < -0.39 is 0 Å². The topological polar surface area (TPSA) is 60.6 Å². The Kier molecular flexibility index (Phi) is 4.66. The van der Waals surface area contributed by atoms with Crippen LogP contribution in [0, 0.1) is 5.92 Å². The van der Waals surface area contributed by atoms with Crippen LogP contribution in [0.4, 0.5) is 10.8 Å². The number of anilines is 2. The summed E-state index contributed by atoms with van der Waals surface area (Å²) in [5.74, 6) is 1.91. The highest BCUT2D eigenvalue weighted by atomic mass is 32.1. The Morgan fingerprint density at radius 2 is 2.22 bits per heavy atom. The summed E-state index contributed by atoms with van der Waals surface area (Å²) in [6, 6.07) is 0. The predicted octanol–water partition coefficient (Wildman–Crippen LogP) is 1.99. The molecule has 0 radical (unpaired) electrons. The van der Waals surface area contributed by atoms with Gasteiger partial charge >= 0.3 is 0 Å². The lowest BCUT2D eigenvalue weighted by Gasteiger charge is -2.27. The third-order valence-corrected chi connectivity index (χ3v) is 4.12. The molecule has 1 saturated heterocycles. The molecule has 1 aliphatic rings. The molecule has 0 aliphatic carbocycles. The molecule has 0 saturated carbocycles. The van der Waals surface area contributed by atoms with Gasteiger partial charge in [-0.2, -0.15) is 4.37 Å². The van der Waals surface area contributed by atoms with Gasteiger partial charge in [-0.1, -0.05) is 0 Å². The molecule has 0 aromatic carbocycles. The van der Waals surface area contributed by atoms with Crippen molar-refractivity contribution in [3.63, 3.8) is 0 Å². The molecule has 1 aliphatic heterocycles. The van der Waals surface area contributed by atoms with Crippen LogP contribution in [0.15, 0.2) is 0 Å². The molecule has 1 aromatic heterocycles. The molecule has 0 unspecified atom stereocenters. The first-order chi connectivity index (χ1) is 8.72. The average molecular weight is 271 g/mol. The van der Waals surface area contributed by atoms with Crippen LogP contribution in [0.3, 0.4) is 0 Å². The summed E-state index contributed by atoms with van der Waals surface area (Å²) in [6.07, 6.45) is 2.26. The molecular weight excluding hydrogens is 250 g/mol. The standard InChI is InChI=1S/C12H21N3O2S/c1-3-17-10-11(13)14-18-12(10)15(2)8-9-4-6-16-7-5-9/h9H,3-8H2,1-2H3,(H2,13,14). The van der Waals surface area contributed by atoms with E-state index in [0.717, 1.165) is 43.4 Å². The normalized spacial score (nSPS) is 16.8. The number of hydrogen-bond donors (Lipinski definition) is 1. The second-order valence-corrected chi connectivity index (χ2v) is 5.32. The van der Waals surface area contributed by atoms with Crippen molar-refractivity contribution in [1.82, 2.24) is 4.37 Å². The smallest absolute Gasteiger partial charge is 0.197 e. The zero-order valence-corrected chi connectivity index (χ0v) is 11.8. The van der Waals surface area contributed by atoms with Crippen molar-refractivity contribution in [3.8, 4) is 5.75 Å². The molecule has 2 N–H and O–H groups in total. The molecule has 5 nitrogen and oxygen atoms in total. The molecule has 0 bridgehead atoms. The van der Waals surface area contributed by atoms with E-state index in [1.54, 1.807) is 0 Å². The van der Waals surface area contributed by atoms with Gasteiger partial charge in [0.1, 0.15) is 0 Å². The van der Waals surface area contributed by atoms with Crippen LogP contribution in [0.25, 0.3) is 0 Å². The summed E-state index contributed by atoms with van der Waals surface area (Å²) >= 11 is 1.41. The van der Waals surface area contributed by atoms with Crippen LogP contribution in [-0.2, 0) is 4.74 Å². The van der Waals surface area contributed by atoms with Crippen LogP contribution in [0.5, 0.6) is 5.75 Å². The van der Waals surface area contributed by atoms with Gasteiger partial charge in [0.05, 0.1) is 6.61 Å². The Morgan fingerprint density at radius 3 is 2.89 bits per heavy atom. The summed E-state index contributed by atoms with van der Waals surface area (Å²) < 4.78 is 15.1. The minimum Gasteiger partial charge on any atom is -0.487 e. The number of aromatic nitrogens is 1. The highest BCUT2D eigenvalue weighted by Crippen LogP contribution is 2.38. The quantitative estimate of drug-likeness (QED) is 0.887. The average Bonchev–Trinajstić information content (AvgIpc) is 2.73. The zero-order valence-electron chi connectivity index (χ0n) is 11.0. The maximum atomic E-state index is 5.83. The summed E-state index contributed by atoms with van der Waals surface area (Å²) in [6.45, 7) is 5.33. The first-order valence-electron chi connectivity index (χ1n) is 6.39. The highest BCUT2D eigenvalue weighted by molar-refractivity contribution is 7.11. The van der Waals surface area contributed by atoms with Crippen LogP contribution in [0.2, 0.25) is 0 Å². The van der Waals surface area contributed by atoms with E-state index in [-0.39, 0.29) is 0 Å². The van der Waals surface area contributed by atoms with Crippen molar-refractivity contribution in [2.75, 3.05) is 44.0 Å². The molecule has 2 rings (SSSR count). The van der Waals surface area contributed by atoms with Crippen molar-refractivity contribution < 1.29 is 9.47 Å². The number of nitrogens with two attached hydrogens (primary N) is 1. The minimum atomic E-state index is 0.496. The van der Waals surface area contributed by atoms with Gasteiger partial charge in [-0.05, 0) is 37.2 Å². The van der Waals surface area contributed by atoms with Crippen LogP contribution >= 0.6 is 11.5 Å². The second kappa shape index (κ2) is 6.24. The van der Waals surface area contributed by atoms with Gasteiger partial charge in [0.25, 0.3) is 0 Å². The van der Waals surface area contributed by atoms with E-state index in [4.69, 9.17) is 15.2 Å². The van der Waals surface area contributed by atoms with Crippen molar-refractivity contribution in [2.45, 2.75) is 19.8 Å². The first-order valence-corrected chi connectivity index (χ1v) is 7.16. The fourth-order valence-corrected chi connectivity index (χ4v) is 2.94. The third kappa shape index (κ3) is 3.05. The van der Waals surface area contributed by atoms with E-state index in [9.17, 15) is 0 Å². The van der Waals surface area contributed by atoms with Crippen molar-refractivity contribution in [3.05, 3.63) is 0 Å². The SMILES string of the molecule is CCOc1c(N)nsc1N(C)CC1CCOCC1. The fraction of sp³-hybridized carbons (Fsp3) is 0.750. The maximum absolute atomic E-state index is 5.83. The van der Waals surface area contributed by atoms with E-state index in [1.165, 1.54) is 11.5 Å². The van der Waals surface area contributed by atoms with Gasteiger partial charge in [0.2, 0.25) is 0 Å². The molecule has 2 heterocycles. The Hall–Kier alpha value is -1.01. The van der Waals surface area contributed by atoms with E-state index in [2.05, 4.69) is 16.3 Å². The number of nitrogen functional groups attached to an aromatic ring is 1. The zero-order chi connectivity index (χ0) is 13.0.